The van der Waals surface area contributed by atoms with Gasteiger partial charge in [-0.3, -0.25) is 4.57 Å². The maximum atomic E-state index is 6.56. The van der Waals surface area contributed by atoms with E-state index >= 15 is 0 Å². The molecule has 0 N–H and O–H groups in total. The van der Waals surface area contributed by atoms with Crippen LogP contribution in [0.2, 0.25) is 0 Å². The van der Waals surface area contributed by atoms with E-state index in [1.807, 2.05) is 65.6 Å². The van der Waals surface area contributed by atoms with Crippen molar-refractivity contribution >= 4 is 54.5 Å². The minimum absolute atomic E-state index is 0.736. The molecular weight excluding hydrogens is 590 g/mol. The monoisotopic (exact) mass is 617 g/mol. The Balaban J connectivity index is 1.19. The zero-order valence-electron chi connectivity index (χ0n) is 25.7. The second kappa shape index (κ2) is 10.4. The van der Waals surface area contributed by atoms with Crippen LogP contribution >= 0.6 is 0 Å². The maximum absolute atomic E-state index is 6.56. The van der Waals surface area contributed by atoms with Crippen LogP contribution in [0.4, 0.5) is 0 Å². The van der Waals surface area contributed by atoms with Crippen LogP contribution in [-0.4, -0.2) is 23.9 Å². The van der Waals surface area contributed by atoms with Gasteiger partial charge in [0.05, 0.1) is 39.5 Å². The van der Waals surface area contributed by atoms with E-state index in [1.165, 1.54) is 16.2 Å². The summed E-state index contributed by atoms with van der Waals surface area (Å²) in [5, 5.41) is 10.4. The van der Waals surface area contributed by atoms with Crippen molar-refractivity contribution in [1.29, 1.82) is 0 Å². The lowest BCUT2D eigenvalue weighted by atomic mass is 10.1. The predicted octanol–water partition coefficient (Wildman–Crippen LogP) is 10.4. The first-order chi connectivity index (χ1) is 23.8. The molecule has 4 heterocycles. The van der Waals surface area contributed by atoms with Gasteiger partial charge in [-0.25, -0.2) is 9.67 Å². The Morgan fingerprint density at radius 3 is 2.15 bits per heavy atom. The summed E-state index contributed by atoms with van der Waals surface area (Å²) in [5.74, 6) is 2.33. The van der Waals surface area contributed by atoms with Crippen molar-refractivity contribution in [2.45, 2.75) is 0 Å². The molecule has 0 saturated heterocycles. The second-order valence-electron chi connectivity index (χ2n) is 12.0. The highest BCUT2D eigenvalue weighted by Gasteiger charge is 2.21. The number of aromatic nitrogens is 5. The van der Waals surface area contributed by atoms with Gasteiger partial charge in [-0.2, -0.15) is 5.10 Å². The van der Waals surface area contributed by atoms with Crippen molar-refractivity contribution in [2.24, 2.45) is 0 Å². The minimum Gasteiger partial charge on any atom is -0.457 e. The Labute approximate surface area is 275 Å². The van der Waals surface area contributed by atoms with Gasteiger partial charge in [0.25, 0.3) is 0 Å². The summed E-state index contributed by atoms with van der Waals surface area (Å²) in [6.07, 6.45) is 3.74. The number of nitrogens with zero attached hydrogens (tertiary/aromatic N) is 5. The summed E-state index contributed by atoms with van der Waals surface area (Å²) in [7, 11) is 0. The van der Waals surface area contributed by atoms with Crippen molar-refractivity contribution in [1.82, 2.24) is 23.9 Å². The van der Waals surface area contributed by atoms with Crippen molar-refractivity contribution < 1.29 is 4.74 Å². The SMILES string of the molecule is c1ccc(-n2c3ccccc3c3c2ccc2c4ccc(Oc5cccc(-n6ncc7ccccc76)c5)cc4n(-c4ccccn4)c23)cc1. The number of hydrogen-bond donors (Lipinski definition) is 0. The lowest BCUT2D eigenvalue weighted by molar-refractivity contribution is 0.483. The molecule has 0 saturated carbocycles. The van der Waals surface area contributed by atoms with Crippen LogP contribution in [0.15, 0.2) is 164 Å². The van der Waals surface area contributed by atoms with Gasteiger partial charge in [-0.1, -0.05) is 72.8 Å². The third-order valence-corrected chi connectivity index (χ3v) is 9.20. The molecule has 6 heteroatoms. The first-order valence-electron chi connectivity index (χ1n) is 16.0. The van der Waals surface area contributed by atoms with Crippen LogP contribution in [0.5, 0.6) is 11.5 Å². The highest BCUT2D eigenvalue weighted by molar-refractivity contribution is 6.26. The number of pyridine rings is 1. The Morgan fingerprint density at radius 1 is 0.479 bits per heavy atom. The molecule has 0 spiro atoms. The molecule has 10 aromatic rings. The van der Waals surface area contributed by atoms with Crippen molar-refractivity contribution in [3.05, 3.63) is 164 Å². The normalized spacial score (nSPS) is 11.8. The molecule has 226 valence electrons. The van der Waals surface area contributed by atoms with Gasteiger partial charge in [0.2, 0.25) is 0 Å². The fourth-order valence-corrected chi connectivity index (χ4v) is 7.17. The van der Waals surface area contributed by atoms with E-state index in [4.69, 9.17) is 9.72 Å². The summed E-state index contributed by atoms with van der Waals surface area (Å²) < 4.78 is 13.2. The summed E-state index contributed by atoms with van der Waals surface area (Å²) in [6.45, 7) is 0. The molecule has 6 nitrogen and oxygen atoms in total. The van der Waals surface area contributed by atoms with Gasteiger partial charge in [0.1, 0.15) is 17.3 Å². The lowest BCUT2D eigenvalue weighted by Crippen LogP contribution is -1.98. The number of fused-ring (bicyclic) bond motifs is 8. The number of hydrogen-bond acceptors (Lipinski definition) is 3. The molecule has 10 rings (SSSR count). The molecule has 0 aliphatic rings. The first-order valence-corrected chi connectivity index (χ1v) is 16.0. The first kappa shape index (κ1) is 26.5. The quantitative estimate of drug-likeness (QED) is 0.193. The third-order valence-electron chi connectivity index (χ3n) is 9.20. The summed E-state index contributed by atoms with van der Waals surface area (Å²) in [5.41, 5.74) is 7.58. The van der Waals surface area contributed by atoms with Gasteiger partial charge in [0, 0.05) is 50.9 Å². The molecular formula is C42H27N5O. The molecule has 0 bridgehead atoms. The van der Waals surface area contributed by atoms with E-state index in [0.717, 1.165) is 67.0 Å². The third kappa shape index (κ3) is 3.99. The standard InChI is InChI=1S/C42H27N5O/c1-2-12-29(13-3-1)45-37-18-7-5-16-35(37)41-38(45)23-22-34-33-21-20-32(26-39(33)46(42(34)41)40-19-8-9-24-43-40)48-31-15-10-14-30(25-31)47-36-17-6-4-11-28(36)27-44-47/h1-27H. The Kier molecular flexibility index (Phi) is 5.77. The number of ether oxygens (including phenoxy) is 1. The topological polar surface area (TPSA) is 49.8 Å². The molecule has 0 aliphatic carbocycles. The van der Waals surface area contributed by atoms with Crippen molar-refractivity contribution in [2.75, 3.05) is 0 Å². The zero-order valence-corrected chi connectivity index (χ0v) is 25.7. The van der Waals surface area contributed by atoms with Gasteiger partial charge < -0.3 is 9.30 Å². The van der Waals surface area contributed by atoms with Gasteiger partial charge in [-0.15, -0.1) is 0 Å². The zero-order chi connectivity index (χ0) is 31.6. The smallest absolute Gasteiger partial charge is 0.137 e. The van der Waals surface area contributed by atoms with Crippen LogP contribution in [0.3, 0.4) is 0 Å². The fraction of sp³-hybridized carbons (Fsp3) is 0. The van der Waals surface area contributed by atoms with E-state index < -0.39 is 0 Å². The summed E-state index contributed by atoms with van der Waals surface area (Å²) >= 11 is 0. The van der Waals surface area contributed by atoms with Crippen LogP contribution in [0.25, 0.3) is 71.7 Å². The molecule has 48 heavy (non-hydrogen) atoms. The molecule has 6 aromatic carbocycles. The summed E-state index contributed by atoms with van der Waals surface area (Å²) in [4.78, 5) is 4.86. The lowest BCUT2D eigenvalue weighted by Gasteiger charge is -2.11. The van der Waals surface area contributed by atoms with Crippen LogP contribution < -0.4 is 4.74 Å². The Hall–Kier alpha value is -6.66. The van der Waals surface area contributed by atoms with Crippen LogP contribution in [0, 0.1) is 0 Å². The molecule has 0 amide bonds. The van der Waals surface area contributed by atoms with E-state index in [-0.39, 0.29) is 0 Å². The largest absolute Gasteiger partial charge is 0.457 e. The molecule has 4 aromatic heterocycles. The van der Waals surface area contributed by atoms with E-state index in [9.17, 15) is 0 Å². The number of rotatable bonds is 5. The van der Waals surface area contributed by atoms with Gasteiger partial charge >= 0.3 is 0 Å². The molecule has 0 atom stereocenters. The van der Waals surface area contributed by atoms with E-state index in [0.29, 0.717) is 0 Å². The number of para-hydroxylation sites is 3. The van der Waals surface area contributed by atoms with Gasteiger partial charge in [-0.05, 0) is 66.7 Å². The van der Waals surface area contributed by atoms with Crippen LogP contribution in [-0.2, 0) is 0 Å². The van der Waals surface area contributed by atoms with Crippen molar-refractivity contribution in [3.8, 4) is 28.7 Å². The average Bonchev–Trinajstić information content (AvgIpc) is 3.82. The number of benzene rings is 6. The van der Waals surface area contributed by atoms with E-state index in [2.05, 4.69) is 117 Å². The molecule has 0 fully saturated rings. The van der Waals surface area contributed by atoms with Crippen LogP contribution in [0.1, 0.15) is 0 Å². The molecule has 0 radical (unpaired) electrons. The van der Waals surface area contributed by atoms with E-state index in [1.54, 1.807) is 0 Å². The minimum atomic E-state index is 0.736. The maximum Gasteiger partial charge on any atom is 0.137 e. The Morgan fingerprint density at radius 2 is 1.25 bits per heavy atom. The predicted molar refractivity (Wildman–Crippen MR) is 194 cm³/mol. The summed E-state index contributed by atoms with van der Waals surface area (Å²) in [6, 6.07) is 52.4. The molecule has 0 aliphatic heterocycles. The highest BCUT2D eigenvalue weighted by atomic mass is 16.5. The molecule has 0 unspecified atom stereocenters. The fourth-order valence-electron chi connectivity index (χ4n) is 7.17. The average molecular weight is 618 g/mol. The highest BCUT2D eigenvalue weighted by Crippen LogP contribution is 2.42. The second-order valence-corrected chi connectivity index (χ2v) is 12.0. The van der Waals surface area contributed by atoms with Crippen molar-refractivity contribution in [3.63, 3.8) is 0 Å². The Bertz CT molecular complexity index is 2810. The van der Waals surface area contributed by atoms with Gasteiger partial charge in [0.15, 0.2) is 0 Å².